The molecule has 0 spiro atoms. The molecular weight excluding hydrogens is 687 g/mol. The molecule has 0 bridgehead atoms. The summed E-state index contributed by atoms with van der Waals surface area (Å²) in [6.07, 6.45) is 13.5. The number of piperazine rings is 1. The highest BCUT2D eigenvalue weighted by Crippen LogP contribution is 2.45. The Morgan fingerprint density at radius 3 is 2.23 bits per heavy atom. The maximum atomic E-state index is 14.4. The molecule has 4 aliphatic rings. The van der Waals surface area contributed by atoms with E-state index in [9.17, 15) is 9.59 Å². The van der Waals surface area contributed by atoms with Crippen molar-refractivity contribution in [3.8, 4) is 0 Å². The molecule has 2 heterocycles. The van der Waals surface area contributed by atoms with Crippen LogP contribution in [0.1, 0.15) is 63.9 Å². The summed E-state index contributed by atoms with van der Waals surface area (Å²) in [6, 6.07) is 8.48. The van der Waals surface area contributed by atoms with Crippen LogP contribution in [0.4, 0.5) is 4.79 Å². The number of amides is 3. The van der Waals surface area contributed by atoms with Gasteiger partial charge in [-0.15, -0.1) is 0 Å². The predicted molar refractivity (Wildman–Crippen MR) is 212 cm³/mol. The van der Waals surface area contributed by atoms with Crippen molar-refractivity contribution in [3.63, 3.8) is 0 Å². The van der Waals surface area contributed by atoms with E-state index in [0.29, 0.717) is 70.6 Å². The third-order valence-corrected chi connectivity index (χ3v) is 13.5. The minimum absolute atomic E-state index is 0.0247. The number of hydrogen-bond donors (Lipinski definition) is 1. The number of likely N-dealkylation sites (N-methyl/N-ethyl adjacent to an activating group) is 1. The summed E-state index contributed by atoms with van der Waals surface area (Å²) >= 11 is 0. The molecule has 1 aromatic carbocycles. The number of rotatable bonds is 16. The Labute approximate surface area is 317 Å². The number of benzene rings is 1. The lowest BCUT2D eigenvalue weighted by Gasteiger charge is -2.38. The maximum Gasteiger partial charge on any atom is 0.500 e. The Morgan fingerprint density at radius 2 is 1.58 bits per heavy atom. The third-order valence-electron chi connectivity index (χ3n) is 10.4. The van der Waals surface area contributed by atoms with Gasteiger partial charge in [0.25, 0.3) is 5.91 Å². The van der Waals surface area contributed by atoms with E-state index >= 15 is 0 Å². The van der Waals surface area contributed by atoms with Crippen LogP contribution in [0.25, 0.3) is 5.57 Å². The zero-order valence-electron chi connectivity index (χ0n) is 32.9. The van der Waals surface area contributed by atoms with Crippen LogP contribution in [0.15, 0.2) is 77.8 Å². The zero-order valence-corrected chi connectivity index (χ0v) is 33.9. The van der Waals surface area contributed by atoms with Gasteiger partial charge in [0.15, 0.2) is 0 Å². The number of nitrogens with one attached hydrogen (secondary N) is 1. The highest BCUT2D eigenvalue weighted by molar-refractivity contribution is 6.60. The van der Waals surface area contributed by atoms with E-state index in [2.05, 4.69) is 85.1 Å². The Hall–Kier alpha value is -3.97. The van der Waals surface area contributed by atoms with E-state index in [1.54, 1.807) is 4.90 Å². The van der Waals surface area contributed by atoms with Crippen molar-refractivity contribution in [1.29, 1.82) is 0 Å². The second-order valence-corrected chi connectivity index (χ2v) is 16.2. The van der Waals surface area contributed by atoms with Crippen LogP contribution in [-0.2, 0) is 18.0 Å². The van der Waals surface area contributed by atoms with Crippen LogP contribution >= 0.6 is 0 Å². The molecule has 12 heteroatoms. The average molecular weight is 747 g/mol. The lowest BCUT2D eigenvalue weighted by Crippen LogP contribution is -2.53. The number of hydrogen-bond acceptors (Lipinski definition) is 7. The van der Waals surface area contributed by atoms with Crippen LogP contribution in [0.3, 0.4) is 0 Å². The maximum absolute atomic E-state index is 14.4. The number of allylic oxidation sites excluding steroid dienone is 4. The molecule has 2 atom stereocenters. The molecule has 5 rings (SSSR count). The fraction of sp³-hybridized carbons (Fsp3) is 0.537. The van der Waals surface area contributed by atoms with Gasteiger partial charge in [0.05, 0.1) is 5.92 Å². The van der Waals surface area contributed by atoms with Gasteiger partial charge in [0.2, 0.25) is 5.71 Å². The molecule has 1 N–H and O–H groups in total. The van der Waals surface area contributed by atoms with Crippen molar-refractivity contribution in [1.82, 2.24) is 20.0 Å². The Balaban J connectivity index is 1.31. The quantitative estimate of drug-likeness (QED) is 0.132. The molecule has 11 nitrogen and oxygen atoms in total. The molecule has 2 unspecified atom stereocenters. The molecule has 2 aliphatic heterocycles. The van der Waals surface area contributed by atoms with Crippen LogP contribution in [0, 0.1) is 5.92 Å². The first-order chi connectivity index (χ1) is 25.7. The molecule has 0 radical (unpaired) electrons. The van der Waals surface area contributed by atoms with Gasteiger partial charge in [-0.1, -0.05) is 30.4 Å². The van der Waals surface area contributed by atoms with Crippen LogP contribution in [-0.4, -0.2) is 131 Å². The van der Waals surface area contributed by atoms with Crippen molar-refractivity contribution >= 4 is 32.0 Å². The molecular formula is C41H60N5O6Si+. The van der Waals surface area contributed by atoms with E-state index in [-0.39, 0.29) is 24.0 Å². The van der Waals surface area contributed by atoms with E-state index in [1.165, 1.54) is 0 Å². The first-order valence-corrected chi connectivity index (χ1v) is 21.5. The van der Waals surface area contributed by atoms with Gasteiger partial charge < -0.3 is 38.0 Å². The van der Waals surface area contributed by atoms with Crippen molar-refractivity contribution < 1.29 is 32.2 Å². The van der Waals surface area contributed by atoms with Crippen LogP contribution in [0.2, 0.25) is 6.04 Å². The Kier molecular flexibility index (Phi) is 14.3. The summed E-state index contributed by atoms with van der Waals surface area (Å²) in [7, 11) is -0.668. The predicted octanol–water partition coefficient (Wildman–Crippen LogP) is 5.71. The van der Waals surface area contributed by atoms with Gasteiger partial charge in [0.1, 0.15) is 25.0 Å². The lowest BCUT2D eigenvalue weighted by atomic mass is 9.78. The third kappa shape index (κ3) is 9.22. The summed E-state index contributed by atoms with van der Waals surface area (Å²) in [5, 5.41) is 3.05. The van der Waals surface area contributed by atoms with Crippen molar-refractivity contribution in [2.75, 3.05) is 79.2 Å². The highest BCUT2D eigenvalue weighted by Gasteiger charge is 2.40. The number of fused-ring (bicyclic) bond motifs is 2. The van der Waals surface area contributed by atoms with Crippen molar-refractivity contribution in [2.45, 2.75) is 60.1 Å². The average Bonchev–Trinajstić information content (AvgIpc) is 3.18. The van der Waals surface area contributed by atoms with E-state index in [1.807, 2.05) is 43.9 Å². The van der Waals surface area contributed by atoms with Gasteiger partial charge >= 0.3 is 14.8 Å². The SMILES string of the molecule is CCO[Si](CCCNC(=O)N1CCN(C(=O)c2ccccc2C2=C3C=CC(N(C)CC)=CC3OC3=CC(=[N+](CC)CC)C=CC32)CC1)(OCC)OCC. The smallest absolute Gasteiger partial charge is 0.485 e. The molecule has 3 amide bonds. The summed E-state index contributed by atoms with van der Waals surface area (Å²) in [4.78, 5) is 33.4. The first-order valence-electron chi connectivity index (χ1n) is 19.6. The molecule has 2 aliphatic carbocycles. The fourth-order valence-electron chi connectivity index (χ4n) is 7.50. The van der Waals surface area contributed by atoms with Gasteiger partial charge in [-0.2, -0.15) is 0 Å². The minimum atomic E-state index is -2.76. The molecule has 1 aromatic rings. The lowest BCUT2D eigenvalue weighted by molar-refractivity contribution is -0.519. The van der Waals surface area contributed by atoms with Gasteiger partial charge in [-0.25, -0.2) is 9.37 Å². The first kappa shape index (κ1) is 40.2. The van der Waals surface area contributed by atoms with Gasteiger partial charge in [-0.3, -0.25) is 4.79 Å². The van der Waals surface area contributed by atoms with E-state index in [0.717, 1.165) is 53.5 Å². The standard InChI is InChI=1S/C41H59N5O6Si/c1-8-43(7)31-19-21-35-37(29-31)52-38-30-32(44(9-2)10-3)20-22-36(38)39(35)33-17-14-15-18-34(33)40(47)45-24-26-46(27-25-45)41(48)42-23-16-28-53(49-11-4,50-12-5)51-13-6/h14-15,17-22,29-30,36-37H,8-13,16,23-28H2,1-7H3/p+1. The minimum Gasteiger partial charge on any atom is -0.485 e. The summed E-state index contributed by atoms with van der Waals surface area (Å²) in [6.45, 7) is 18.9. The van der Waals surface area contributed by atoms with E-state index < -0.39 is 8.80 Å². The number of carbonyl (C=O) groups is 2. The number of urea groups is 1. The normalized spacial score (nSPS) is 19.6. The summed E-state index contributed by atoms with van der Waals surface area (Å²) < 4.78 is 26.9. The van der Waals surface area contributed by atoms with Crippen LogP contribution in [0.5, 0.6) is 0 Å². The second-order valence-electron chi connectivity index (χ2n) is 13.5. The molecule has 53 heavy (non-hydrogen) atoms. The molecule has 1 fully saturated rings. The van der Waals surface area contributed by atoms with Gasteiger partial charge in [0, 0.05) is 101 Å². The summed E-state index contributed by atoms with van der Waals surface area (Å²) in [5.74, 6) is 0.747. The topological polar surface area (TPSA) is 95.8 Å². The van der Waals surface area contributed by atoms with Crippen molar-refractivity contribution in [3.05, 3.63) is 88.9 Å². The molecule has 0 saturated carbocycles. The Morgan fingerprint density at radius 1 is 0.925 bits per heavy atom. The fourth-order valence-corrected chi connectivity index (χ4v) is 10.1. The zero-order chi connectivity index (χ0) is 38.0. The number of carbonyl (C=O) groups excluding carboxylic acids is 2. The highest BCUT2D eigenvalue weighted by atomic mass is 28.4. The monoisotopic (exact) mass is 746 g/mol. The Bertz CT molecular complexity index is 1630. The number of nitrogens with zero attached hydrogens (tertiary/aromatic N) is 4. The number of ether oxygens (including phenoxy) is 1. The van der Waals surface area contributed by atoms with E-state index in [4.69, 9.17) is 18.0 Å². The summed E-state index contributed by atoms with van der Waals surface area (Å²) in [5.41, 5.74) is 6.00. The van der Waals surface area contributed by atoms with Crippen LogP contribution < -0.4 is 5.32 Å². The largest absolute Gasteiger partial charge is 0.500 e. The van der Waals surface area contributed by atoms with Crippen molar-refractivity contribution in [2.24, 2.45) is 5.92 Å². The van der Waals surface area contributed by atoms with Gasteiger partial charge in [-0.05, 0) is 77.3 Å². The molecule has 1 saturated heterocycles. The molecule has 288 valence electrons. The molecule has 0 aromatic heterocycles. The second kappa shape index (κ2) is 18.9.